The van der Waals surface area contributed by atoms with E-state index in [9.17, 15) is 0 Å². The third kappa shape index (κ3) is 2.93. The Labute approximate surface area is 102 Å². The maximum Gasteiger partial charge on any atom is 0.163 e. The van der Waals surface area contributed by atoms with Crippen LogP contribution < -0.4 is 0 Å². The minimum atomic E-state index is -0.522. The summed E-state index contributed by atoms with van der Waals surface area (Å²) in [4.78, 5) is 4.04. The molecule has 0 saturated carbocycles. The van der Waals surface area contributed by atoms with Crippen molar-refractivity contribution >= 4 is 0 Å². The number of rotatable bonds is 3. The first kappa shape index (κ1) is 12.3. The predicted molar refractivity (Wildman–Crippen MR) is 66.4 cm³/mol. The molecule has 0 N–H and O–H groups in total. The molecule has 1 saturated heterocycles. The molecule has 2 rings (SSSR count). The first-order valence-electron chi connectivity index (χ1n) is 5.95. The fraction of sp³-hybridized carbons (Fsp3) is 0.500. The SMILES string of the molecule is C=CCC1COC(C)(C)OC1c1ccncc1. The molecule has 2 atom stereocenters. The summed E-state index contributed by atoms with van der Waals surface area (Å²) < 4.78 is 11.7. The quantitative estimate of drug-likeness (QED) is 0.752. The second-order valence-corrected chi connectivity index (χ2v) is 4.81. The van der Waals surface area contributed by atoms with Crippen LogP contribution in [0.1, 0.15) is 31.9 Å². The zero-order valence-corrected chi connectivity index (χ0v) is 10.4. The molecular weight excluding hydrogens is 214 g/mol. The summed E-state index contributed by atoms with van der Waals surface area (Å²) in [7, 11) is 0. The van der Waals surface area contributed by atoms with Crippen molar-refractivity contribution in [3.05, 3.63) is 42.7 Å². The van der Waals surface area contributed by atoms with Crippen molar-refractivity contribution in [3.8, 4) is 0 Å². The van der Waals surface area contributed by atoms with E-state index in [4.69, 9.17) is 9.47 Å². The van der Waals surface area contributed by atoms with E-state index in [-0.39, 0.29) is 6.10 Å². The normalized spacial score (nSPS) is 27.6. The van der Waals surface area contributed by atoms with Gasteiger partial charge in [0.25, 0.3) is 0 Å². The van der Waals surface area contributed by atoms with Gasteiger partial charge in [-0.25, -0.2) is 0 Å². The molecule has 17 heavy (non-hydrogen) atoms. The molecule has 92 valence electrons. The Balaban J connectivity index is 2.22. The minimum Gasteiger partial charge on any atom is -0.350 e. The van der Waals surface area contributed by atoms with Crippen LogP contribution in [-0.4, -0.2) is 17.4 Å². The first-order valence-corrected chi connectivity index (χ1v) is 5.95. The molecule has 1 aliphatic heterocycles. The van der Waals surface area contributed by atoms with Crippen molar-refractivity contribution in [2.75, 3.05) is 6.61 Å². The number of nitrogens with zero attached hydrogens (tertiary/aromatic N) is 1. The van der Waals surface area contributed by atoms with E-state index in [0.717, 1.165) is 12.0 Å². The molecule has 0 bridgehead atoms. The molecule has 0 spiro atoms. The standard InChI is InChI=1S/C14H19NO2/c1-4-5-12-10-16-14(2,3)17-13(12)11-6-8-15-9-7-11/h4,6-9,12-13H,1,5,10H2,2-3H3. The number of aromatic nitrogens is 1. The van der Waals surface area contributed by atoms with E-state index in [0.29, 0.717) is 12.5 Å². The molecule has 1 aliphatic rings. The highest BCUT2D eigenvalue weighted by Gasteiger charge is 2.36. The van der Waals surface area contributed by atoms with Gasteiger partial charge >= 0.3 is 0 Å². The van der Waals surface area contributed by atoms with E-state index < -0.39 is 5.79 Å². The highest BCUT2D eigenvalue weighted by molar-refractivity contribution is 5.15. The molecular formula is C14H19NO2. The molecule has 0 aromatic carbocycles. The van der Waals surface area contributed by atoms with E-state index in [2.05, 4.69) is 11.6 Å². The van der Waals surface area contributed by atoms with Crippen molar-refractivity contribution in [2.45, 2.75) is 32.2 Å². The van der Waals surface area contributed by atoms with E-state index >= 15 is 0 Å². The molecule has 1 aromatic rings. The number of hydrogen-bond donors (Lipinski definition) is 0. The Hall–Kier alpha value is -1.19. The van der Waals surface area contributed by atoms with Crippen LogP contribution in [0.25, 0.3) is 0 Å². The Morgan fingerprint density at radius 2 is 2.18 bits per heavy atom. The Morgan fingerprint density at radius 3 is 2.82 bits per heavy atom. The second kappa shape index (κ2) is 4.98. The maximum absolute atomic E-state index is 6.03. The molecule has 1 fully saturated rings. The van der Waals surface area contributed by atoms with Crippen LogP contribution in [0.15, 0.2) is 37.2 Å². The van der Waals surface area contributed by atoms with Gasteiger partial charge in [0.15, 0.2) is 5.79 Å². The lowest BCUT2D eigenvalue weighted by molar-refractivity contribution is -0.295. The van der Waals surface area contributed by atoms with Crippen LogP contribution >= 0.6 is 0 Å². The highest BCUT2D eigenvalue weighted by Crippen LogP contribution is 2.38. The molecule has 3 heteroatoms. The van der Waals surface area contributed by atoms with Gasteiger partial charge in [-0.15, -0.1) is 6.58 Å². The lowest BCUT2D eigenvalue weighted by Gasteiger charge is -2.41. The summed E-state index contributed by atoms with van der Waals surface area (Å²) in [6.45, 7) is 8.40. The van der Waals surface area contributed by atoms with Crippen LogP contribution in [0.4, 0.5) is 0 Å². The van der Waals surface area contributed by atoms with Gasteiger partial charge in [0.2, 0.25) is 0 Å². The lowest BCUT2D eigenvalue weighted by atomic mass is 9.92. The summed E-state index contributed by atoms with van der Waals surface area (Å²) in [6, 6.07) is 4.00. The van der Waals surface area contributed by atoms with Gasteiger partial charge in [0.05, 0.1) is 12.7 Å². The number of pyridine rings is 1. The molecule has 2 heterocycles. The third-order valence-corrected chi connectivity index (χ3v) is 2.99. The molecule has 0 amide bonds. The predicted octanol–water partition coefficient (Wildman–Crippen LogP) is 3.10. The van der Waals surface area contributed by atoms with Crippen LogP contribution in [0.5, 0.6) is 0 Å². The molecule has 0 radical (unpaired) electrons. The van der Waals surface area contributed by atoms with Crippen molar-refractivity contribution in [1.29, 1.82) is 0 Å². The zero-order valence-electron chi connectivity index (χ0n) is 10.4. The van der Waals surface area contributed by atoms with Gasteiger partial charge < -0.3 is 9.47 Å². The van der Waals surface area contributed by atoms with Crippen molar-refractivity contribution < 1.29 is 9.47 Å². The van der Waals surface area contributed by atoms with Crippen molar-refractivity contribution in [3.63, 3.8) is 0 Å². The Bertz CT molecular complexity index is 375. The lowest BCUT2D eigenvalue weighted by Crippen LogP contribution is -2.41. The Morgan fingerprint density at radius 1 is 1.47 bits per heavy atom. The fourth-order valence-electron chi connectivity index (χ4n) is 2.13. The van der Waals surface area contributed by atoms with Crippen LogP contribution in [0.2, 0.25) is 0 Å². The van der Waals surface area contributed by atoms with Gasteiger partial charge in [-0.2, -0.15) is 0 Å². The van der Waals surface area contributed by atoms with Crippen molar-refractivity contribution in [1.82, 2.24) is 4.98 Å². The van der Waals surface area contributed by atoms with Crippen LogP contribution in [0, 0.1) is 5.92 Å². The molecule has 3 nitrogen and oxygen atoms in total. The van der Waals surface area contributed by atoms with Gasteiger partial charge in [0, 0.05) is 18.3 Å². The zero-order chi connectivity index (χ0) is 12.3. The van der Waals surface area contributed by atoms with Gasteiger partial charge in [-0.1, -0.05) is 6.08 Å². The summed E-state index contributed by atoms with van der Waals surface area (Å²) in [5, 5.41) is 0. The monoisotopic (exact) mass is 233 g/mol. The van der Waals surface area contributed by atoms with Gasteiger partial charge in [-0.3, -0.25) is 4.98 Å². The van der Waals surface area contributed by atoms with Gasteiger partial charge in [0.1, 0.15) is 0 Å². The number of ether oxygens (including phenoxy) is 2. The summed E-state index contributed by atoms with van der Waals surface area (Å²) in [5.74, 6) is -0.200. The molecule has 2 unspecified atom stereocenters. The summed E-state index contributed by atoms with van der Waals surface area (Å²) in [6.07, 6.45) is 6.46. The smallest absolute Gasteiger partial charge is 0.163 e. The average molecular weight is 233 g/mol. The highest BCUT2D eigenvalue weighted by atomic mass is 16.7. The maximum atomic E-state index is 6.03. The number of allylic oxidation sites excluding steroid dienone is 1. The first-order chi connectivity index (χ1) is 8.12. The third-order valence-electron chi connectivity index (χ3n) is 2.99. The fourth-order valence-corrected chi connectivity index (χ4v) is 2.13. The average Bonchev–Trinajstić information content (AvgIpc) is 2.32. The Kier molecular flexibility index (Phi) is 3.60. The van der Waals surface area contributed by atoms with Crippen molar-refractivity contribution in [2.24, 2.45) is 5.92 Å². The second-order valence-electron chi connectivity index (χ2n) is 4.81. The molecule has 1 aromatic heterocycles. The van der Waals surface area contributed by atoms with Crippen LogP contribution in [0.3, 0.4) is 0 Å². The molecule has 0 aliphatic carbocycles. The van der Waals surface area contributed by atoms with Crippen LogP contribution in [-0.2, 0) is 9.47 Å². The number of hydrogen-bond acceptors (Lipinski definition) is 3. The summed E-state index contributed by atoms with van der Waals surface area (Å²) >= 11 is 0. The van der Waals surface area contributed by atoms with E-state index in [1.54, 1.807) is 12.4 Å². The van der Waals surface area contributed by atoms with E-state index in [1.165, 1.54) is 0 Å². The summed E-state index contributed by atoms with van der Waals surface area (Å²) in [5.41, 5.74) is 1.16. The minimum absolute atomic E-state index is 0.0553. The largest absolute Gasteiger partial charge is 0.350 e. The van der Waals surface area contributed by atoms with Gasteiger partial charge in [-0.05, 0) is 38.0 Å². The topological polar surface area (TPSA) is 31.4 Å². The van der Waals surface area contributed by atoms with E-state index in [1.807, 2.05) is 32.1 Å².